The Morgan fingerprint density at radius 3 is 2.10 bits per heavy atom. The highest BCUT2D eigenvalue weighted by atomic mass is 16.6. The van der Waals surface area contributed by atoms with Gasteiger partial charge in [0.25, 0.3) is 5.69 Å². The monoisotopic (exact) mass is 287 g/mol. The maximum Gasteiger partial charge on any atom is 0.271 e. The summed E-state index contributed by atoms with van der Waals surface area (Å²) in [5.41, 5.74) is 1.39. The van der Waals surface area contributed by atoms with Crippen molar-refractivity contribution >= 4 is 28.9 Å². The molecule has 2 rings (SSSR count). The summed E-state index contributed by atoms with van der Waals surface area (Å²) in [5, 5.41) is 29.5. The fourth-order valence-electron chi connectivity index (χ4n) is 1.79. The van der Waals surface area contributed by atoms with Crippen LogP contribution < -0.4 is 0 Å². The van der Waals surface area contributed by atoms with E-state index in [4.69, 9.17) is 0 Å². The summed E-state index contributed by atoms with van der Waals surface area (Å²) in [5.74, 6) is 0.0510. The van der Waals surface area contributed by atoms with Crippen molar-refractivity contribution in [1.82, 2.24) is 9.97 Å². The molecule has 7 nitrogen and oxygen atoms in total. The molecule has 0 saturated heterocycles. The lowest BCUT2D eigenvalue weighted by atomic mass is 10.2. The summed E-state index contributed by atoms with van der Waals surface area (Å²) in [6.07, 6.45) is 2.78. The number of non-ortho nitro benzene ring substituents is 1. The number of nitro groups is 1. The van der Waals surface area contributed by atoms with Crippen molar-refractivity contribution in [2.24, 2.45) is 0 Å². The molecule has 0 radical (unpaired) electrons. The van der Waals surface area contributed by atoms with Crippen LogP contribution in [0.5, 0.6) is 0 Å². The number of nitrogens with zero attached hydrogens (tertiary/aromatic N) is 3. The third-order valence-electron chi connectivity index (χ3n) is 2.61. The van der Waals surface area contributed by atoms with E-state index in [-0.39, 0.29) is 17.2 Å². The van der Waals surface area contributed by atoms with E-state index in [0.717, 1.165) is 0 Å². The number of hydrogen-bond acceptors (Lipinski definition) is 6. The van der Waals surface area contributed by atoms with Gasteiger partial charge in [-0.25, -0.2) is 9.97 Å². The van der Waals surface area contributed by atoms with E-state index in [0.29, 0.717) is 22.4 Å². The van der Waals surface area contributed by atoms with E-state index < -0.39 is 4.92 Å². The topological polar surface area (TPSA) is 109 Å². The highest BCUT2D eigenvalue weighted by Gasteiger charge is 2.11. The van der Waals surface area contributed by atoms with Gasteiger partial charge in [0.2, 0.25) is 0 Å². The molecule has 2 aromatic rings. The summed E-state index contributed by atoms with van der Waals surface area (Å²) >= 11 is 0. The first kappa shape index (κ1) is 14.4. The lowest BCUT2D eigenvalue weighted by Crippen LogP contribution is -1.97. The summed E-state index contributed by atoms with van der Waals surface area (Å²) < 4.78 is 0. The minimum Gasteiger partial charge on any atom is -0.513 e. The molecule has 0 aliphatic rings. The predicted molar refractivity (Wildman–Crippen MR) is 78.8 cm³/mol. The number of allylic oxidation sites excluding steroid dienone is 2. The molecule has 0 spiro atoms. The van der Waals surface area contributed by atoms with Crippen LogP contribution in [0.15, 0.2) is 29.7 Å². The van der Waals surface area contributed by atoms with Gasteiger partial charge in [0.05, 0.1) is 38.9 Å². The highest BCUT2D eigenvalue weighted by Crippen LogP contribution is 2.21. The van der Waals surface area contributed by atoms with Crippen LogP contribution in [-0.4, -0.2) is 25.1 Å². The average molecular weight is 287 g/mol. The van der Waals surface area contributed by atoms with Crippen molar-refractivity contribution < 1.29 is 15.1 Å². The number of rotatable bonds is 3. The molecule has 0 atom stereocenters. The standard InChI is InChI=1S/C14H13N3O4/c1-8(18)5-12-13(6-9(2)19)16-14-7-10(17(20)21)3-4-11(14)15-12/h3-7,18-19H,1-2H3/b8-5+,9-6+. The molecule has 0 saturated carbocycles. The quantitative estimate of drug-likeness (QED) is 0.508. The molecule has 7 heteroatoms. The van der Waals surface area contributed by atoms with Gasteiger partial charge in [-0.05, 0) is 19.9 Å². The molecule has 0 aliphatic carbocycles. The van der Waals surface area contributed by atoms with E-state index in [1.807, 2.05) is 0 Å². The second kappa shape index (κ2) is 5.58. The zero-order valence-corrected chi connectivity index (χ0v) is 11.4. The van der Waals surface area contributed by atoms with Gasteiger partial charge < -0.3 is 10.2 Å². The first-order valence-corrected chi connectivity index (χ1v) is 6.07. The normalized spacial score (nSPS) is 12.7. The first-order chi connectivity index (χ1) is 9.86. The molecule has 108 valence electrons. The second-order valence-corrected chi connectivity index (χ2v) is 4.50. The minimum absolute atomic E-state index is 0.0133. The first-order valence-electron chi connectivity index (χ1n) is 6.07. The summed E-state index contributed by atoms with van der Waals surface area (Å²) in [7, 11) is 0. The highest BCUT2D eigenvalue weighted by molar-refractivity contribution is 5.80. The minimum atomic E-state index is -0.514. The Hall–Kier alpha value is -2.96. The molecule has 0 unspecified atom stereocenters. The van der Waals surface area contributed by atoms with Crippen molar-refractivity contribution in [3.63, 3.8) is 0 Å². The maximum absolute atomic E-state index is 10.8. The van der Waals surface area contributed by atoms with Crippen LogP contribution in [-0.2, 0) is 0 Å². The lowest BCUT2D eigenvalue weighted by molar-refractivity contribution is -0.384. The molecular weight excluding hydrogens is 274 g/mol. The smallest absolute Gasteiger partial charge is 0.271 e. The number of aliphatic hydroxyl groups excluding tert-OH is 2. The van der Waals surface area contributed by atoms with Crippen LogP contribution in [0.1, 0.15) is 25.2 Å². The number of hydrogen-bond donors (Lipinski definition) is 2. The van der Waals surface area contributed by atoms with Gasteiger partial charge in [-0.15, -0.1) is 0 Å². The van der Waals surface area contributed by atoms with Crippen molar-refractivity contribution in [3.05, 3.63) is 51.2 Å². The number of nitro benzene ring substituents is 1. The van der Waals surface area contributed by atoms with Gasteiger partial charge in [-0.1, -0.05) is 0 Å². The van der Waals surface area contributed by atoms with Crippen molar-refractivity contribution in [2.75, 3.05) is 0 Å². The number of fused-ring (bicyclic) bond motifs is 1. The Kier molecular flexibility index (Phi) is 3.84. The van der Waals surface area contributed by atoms with Crippen LogP contribution in [0.2, 0.25) is 0 Å². The molecule has 0 aliphatic heterocycles. The van der Waals surface area contributed by atoms with Crippen molar-refractivity contribution in [1.29, 1.82) is 0 Å². The summed E-state index contributed by atoms with van der Waals surface area (Å²) in [6.45, 7) is 2.96. The number of aromatic nitrogens is 2. The Bertz CT molecular complexity index is 773. The van der Waals surface area contributed by atoms with E-state index in [1.165, 1.54) is 44.2 Å². The summed E-state index contributed by atoms with van der Waals surface area (Å²) in [4.78, 5) is 18.8. The zero-order chi connectivity index (χ0) is 15.6. The van der Waals surface area contributed by atoms with Crippen LogP contribution in [0, 0.1) is 10.1 Å². The maximum atomic E-state index is 10.8. The Labute approximate surface area is 120 Å². The molecular formula is C14H13N3O4. The number of aliphatic hydroxyl groups is 2. The SMILES string of the molecule is C/C(O)=C\c1nc2ccc([N+](=O)[O-])cc2nc1/C=C(\C)O. The van der Waals surface area contributed by atoms with Gasteiger partial charge in [-0.2, -0.15) is 0 Å². The molecule has 2 N–H and O–H groups in total. The van der Waals surface area contributed by atoms with Crippen LogP contribution in [0.4, 0.5) is 5.69 Å². The predicted octanol–water partition coefficient (Wildman–Crippen LogP) is 3.38. The molecule has 21 heavy (non-hydrogen) atoms. The van der Waals surface area contributed by atoms with Gasteiger partial charge in [0.15, 0.2) is 0 Å². The van der Waals surface area contributed by atoms with E-state index in [1.54, 1.807) is 0 Å². The third-order valence-corrected chi connectivity index (χ3v) is 2.61. The molecule has 1 heterocycles. The summed E-state index contributed by atoms with van der Waals surface area (Å²) in [6, 6.07) is 4.14. The Balaban J connectivity index is 2.73. The van der Waals surface area contributed by atoms with Crippen molar-refractivity contribution in [2.45, 2.75) is 13.8 Å². The fraction of sp³-hybridized carbons (Fsp3) is 0.143. The second-order valence-electron chi connectivity index (χ2n) is 4.50. The lowest BCUT2D eigenvalue weighted by Gasteiger charge is -2.04. The van der Waals surface area contributed by atoms with Crippen LogP contribution >= 0.6 is 0 Å². The van der Waals surface area contributed by atoms with Gasteiger partial charge in [0, 0.05) is 24.3 Å². The van der Waals surface area contributed by atoms with Crippen molar-refractivity contribution in [3.8, 4) is 0 Å². The molecule has 1 aromatic heterocycles. The Morgan fingerprint density at radius 2 is 1.62 bits per heavy atom. The van der Waals surface area contributed by atoms with Crippen LogP contribution in [0.25, 0.3) is 23.2 Å². The third kappa shape index (κ3) is 3.33. The van der Waals surface area contributed by atoms with Gasteiger partial charge in [-0.3, -0.25) is 10.1 Å². The molecule has 1 aromatic carbocycles. The van der Waals surface area contributed by atoms with Gasteiger partial charge >= 0.3 is 0 Å². The Morgan fingerprint density at radius 1 is 1.10 bits per heavy atom. The molecule has 0 amide bonds. The molecule has 0 bridgehead atoms. The van der Waals surface area contributed by atoms with Crippen LogP contribution in [0.3, 0.4) is 0 Å². The van der Waals surface area contributed by atoms with E-state index >= 15 is 0 Å². The average Bonchev–Trinajstić information content (AvgIpc) is 2.37. The van der Waals surface area contributed by atoms with E-state index in [2.05, 4.69) is 9.97 Å². The number of benzene rings is 1. The fourth-order valence-corrected chi connectivity index (χ4v) is 1.79. The van der Waals surface area contributed by atoms with E-state index in [9.17, 15) is 20.3 Å². The largest absolute Gasteiger partial charge is 0.513 e. The van der Waals surface area contributed by atoms with Gasteiger partial charge in [0.1, 0.15) is 0 Å². The zero-order valence-electron chi connectivity index (χ0n) is 11.4. The molecule has 0 fully saturated rings.